The Balaban J connectivity index is 0.000000227. The van der Waals surface area contributed by atoms with Gasteiger partial charge in [-0.15, -0.1) is 0 Å². The van der Waals surface area contributed by atoms with E-state index in [0.717, 1.165) is 89.9 Å². The van der Waals surface area contributed by atoms with Crippen molar-refractivity contribution in [1.82, 2.24) is 62.6 Å². The van der Waals surface area contributed by atoms with Crippen molar-refractivity contribution < 1.29 is 101 Å². The van der Waals surface area contributed by atoms with Gasteiger partial charge < -0.3 is 94.0 Å². The van der Waals surface area contributed by atoms with Crippen molar-refractivity contribution >= 4 is 107 Å². The maximum Gasteiger partial charge on any atom is 0.329 e. The van der Waals surface area contributed by atoms with Crippen LogP contribution in [0, 0.1) is 109 Å². The number of ether oxygens (including phenoxy) is 3. The number of likely N-dealkylation sites (tertiary alicyclic amines) is 3. The summed E-state index contributed by atoms with van der Waals surface area (Å²) in [5.74, 6) is -9.64. The fourth-order valence-electron chi connectivity index (χ4n) is 21.1. The first-order valence-electron chi connectivity index (χ1n) is 49.1. The maximum absolute atomic E-state index is 14.4. The smallest absolute Gasteiger partial charge is 0.329 e. The SMILES string of the molecule is C=CCOC(=O)[C@@H](NC(=O)N[C@H](C(=O)N1C[C@H]2[C@@H]([C@H]1C(=O)NC(CC1CC1)C(=O)C(N)=O)C2(C)C)C(C)(C)C)C(C)(C)C.CC(C)(C)OC(=O)[C@H](NC(=O)N[C@H](C(=O)N1C[C@H]2[C@@H]([C@H]1C(=O)NC(CC1CCC1)C(=O)C(N)=O)C2(C)C)C(C)(C)C)C1CCCCC1.CCCC(NC(=O)[C@@H]1[C@@H]2[C@H](CN1C(=O)[C@@H](NC(=O)N[C@H](C(=O)OC(C1CC1)C1CC1)C(C)C)C(C)(C)C)C2(C)C)C(=O)C(N)=O. The van der Waals surface area contributed by atoms with Gasteiger partial charge in [0, 0.05) is 19.6 Å². The summed E-state index contributed by atoms with van der Waals surface area (Å²) in [6, 6.07) is -13.7. The van der Waals surface area contributed by atoms with E-state index >= 15 is 0 Å². The number of hydrogen-bond acceptors (Lipinski definition) is 21. The van der Waals surface area contributed by atoms with Crippen molar-refractivity contribution in [2.75, 3.05) is 26.2 Å². The molecule has 756 valence electrons. The minimum Gasteiger partial charge on any atom is -0.460 e. The number of nitrogens with two attached hydrogens (primary N) is 3. The summed E-state index contributed by atoms with van der Waals surface area (Å²) in [7, 11) is 0. The second kappa shape index (κ2) is 42.3. The monoisotopic (exact) mass is 1890 g/mol. The highest BCUT2D eigenvalue weighted by Gasteiger charge is 2.73. The first-order chi connectivity index (χ1) is 62.3. The van der Waals surface area contributed by atoms with Crippen LogP contribution in [0.5, 0.6) is 0 Å². The number of urea groups is 3. The van der Waals surface area contributed by atoms with Crippen LogP contribution in [-0.2, 0) is 86.1 Å². The Kier molecular flexibility index (Phi) is 34.1. The van der Waals surface area contributed by atoms with Crippen LogP contribution in [0.2, 0.25) is 0 Å². The third-order valence-corrected chi connectivity index (χ3v) is 30.1. The van der Waals surface area contributed by atoms with E-state index < -0.39 is 206 Å². The van der Waals surface area contributed by atoms with Crippen LogP contribution in [-0.4, -0.2) is 232 Å². The summed E-state index contributed by atoms with van der Waals surface area (Å²) in [4.78, 5) is 241. The van der Waals surface area contributed by atoms with E-state index in [2.05, 4.69) is 68.3 Å². The highest BCUT2D eigenvalue weighted by Crippen LogP contribution is 2.67. The fourth-order valence-corrected chi connectivity index (χ4v) is 21.1. The van der Waals surface area contributed by atoms with Crippen molar-refractivity contribution in [2.24, 2.45) is 126 Å². The number of ketones is 3. The van der Waals surface area contributed by atoms with Crippen molar-refractivity contribution in [1.29, 1.82) is 0 Å². The van der Waals surface area contributed by atoms with Gasteiger partial charge >= 0.3 is 36.0 Å². The van der Waals surface area contributed by atoms with Crippen molar-refractivity contribution in [3.8, 4) is 0 Å². The Morgan fingerprint density at radius 1 is 0.407 bits per heavy atom. The third kappa shape index (κ3) is 26.8. The first kappa shape index (κ1) is 109. The molecule has 135 heavy (non-hydrogen) atoms. The molecule has 18 atom stereocenters. The molecule has 0 radical (unpaired) electrons. The molecule has 8 aliphatic carbocycles. The quantitative estimate of drug-likeness (QED) is 0.0127. The number of carbonyl (C=O) groups is 18. The van der Waals surface area contributed by atoms with Gasteiger partial charge in [0.05, 0.1) is 18.1 Å². The lowest BCUT2D eigenvalue weighted by Crippen LogP contribution is -2.62. The molecule has 11 fully saturated rings. The number of carbonyl (C=O) groups excluding carboxylic acids is 18. The number of primary amides is 3. The topological polar surface area (TPSA) is 531 Å². The van der Waals surface area contributed by atoms with E-state index in [0.29, 0.717) is 50.7 Å². The first-order valence-corrected chi connectivity index (χ1v) is 49.1. The Morgan fingerprint density at radius 2 is 0.748 bits per heavy atom. The van der Waals surface area contributed by atoms with E-state index in [4.69, 9.17) is 31.4 Å². The predicted molar refractivity (Wildman–Crippen MR) is 501 cm³/mol. The fraction of sp³-hybridized carbons (Fsp3) is 0.798. The third-order valence-electron chi connectivity index (χ3n) is 30.1. The lowest BCUT2D eigenvalue weighted by Gasteiger charge is -2.38. The summed E-state index contributed by atoms with van der Waals surface area (Å²) in [6.45, 7) is 49.2. The molecule has 3 heterocycles. The second-order valence-electron chi connectivity index (χ2n) is 47.7. The highest BCUT2D eigenvalue weighted by atomic mass is 16.6. The summed E-state index contributed by atoms with van der Waals surface area (Å²) >= 11 is 0. The Bertz CT molecular complexity index is 4470. The van der Waals surface area contributed by atoms with E-state index in [1.807, 2.05) is 90.0 Å². The lowest BCUT2D eigenvalue weighted by atomic mass is 9.80. The maximum atomic E-state index is 14.4. The standard InChI is InChI=1S/C35H57N5O7.C33H53N5O7.C31H49N5O7/c1-33(2,3)27(39-32(46)38-24(20-15-10-9-11-16-20)31(45)47-34(4,5)6)30(44)40-18-21-23(35(21,7)8)25(40)29(43)37-22(26(41)28(36)42)17-19-13-12-14-19;1-9-10-20(24(39)27(34)40)35-28(41)23-21-19(33(21,7)8)15-38(23)29(42)26(32(4,5)6)37-31(44)36-22(16(2)3)30(43)45-25(17-11-12-17)18-13-14-18;1-10-13-43-27(41)23(30(5,6)7)35-28(42)34-22(29(2,3)4)26(40)36-15-17-19(31(17,8)9)20(36)25(39)33-18(14-16-11-12-16)21(37)24(32)38/h19-25,27H,9-18H2,1-8H3,(H2,36,42)(H,37,43)(H2,38,39,46);16-23,25-26H,9-15H2,1-8H3,(H2,34,40)(H,35,41)(H2,36,37,44);10,16-20,22-23H,1,11-15H2,2-9H3,(H2,32,38)(H,33,39)(H2,34,35,42)/t21-,22?,23-,24+,25-,27+;19-,20?,21-,22-,23-,26+;17-,18?,19-,20-,22+,23+/m000/s1. The Hall–Kier alpha value is -9.80. The molecule has 3 saturated heterocycles. The van der Waals surface area contributed by atoms with Gasteiger partial charge in [-0.25, -0.2) is 28.8 Å². The molecule has 36 nitrogen and oxygen atoms in total. The molecule has 0 spiro atoms. The molecule has 11 rings (SSSR count). The van der Waals surface area contributed by atoms with Crippen LogP contribution >= 0.6 is 0 Å². The number of amides is 15. The van der Waals surface area contributed by atoms with Gasteiger partial charge in [-0.3, -0.25) is 57.5 Å². The van der Waals surface area contributed by atoms with Crippen LogP contribution in [0.15, 0.2) is 12.7 Å². The summed E-state index contributed by atoms with van der Waals surface area (Å²) in [6.07, 6.45) is 16.2. The number of esters is 3. The van der Waals surface area contributed by atoms with Crippen molar-refractivity contribution in [3.05, 3.63) is 12.7 Å². The molecule has 36 heteroatoms. The van der Waals surface area contributed by atoms with Crippen LogP contribution in [0.4, 0.5) is 14.4 Å². The molecule has 0 aromatic heterocycles. The largest absolute Gasteiger partial charge is 0.460 e. The molecule has 0 aromatic carbocycles. The zero-order valence-electron chi connectivity index (χ0n) is 84.4. The molecule has 15 amide bonds. The summed E-state index contributed by atoms with van der Waals surface area (Å²) < 4.78 is 16.8. The molecule has 3 unspecified atom stereocenters. The minimum absolute atomic E-state index is 0.0124. The van der Waals surface area contributed by atoms with Gasteiger partial charge in [0.1, 0.15) is 72.7 Å². The molecule has 15 N–H and O–H groups in total. The number of nitrogens with one attached hydrogen (secondary N) is 9. The van der Waals surface area contributed by atoms with Gasteiger partial charge in [0.15, 0.2) is 0 Å². The molecular formula is C99H159N15O21. The number of piperidine rings is 3. The second-order valence-corrected chi connectivity index (χ2v) is 47.7. The van der Waals surface area contributed by atoms with Crippen LogP contribution in [0.3, 0.4) is 0 Å². The van der Waals surface area contributed by atoms with Gasteiger partial charge in [0.25, 0.3) is 17.7 Å². The van der Waals surface area contributed by atoms with Crippen molar-refractivity contribution in [2.45, 2.75) is 366 Å². The number of hydrogen-bond donors (Lipinski definition) is 12. The van der Waals surface area contributed by atoms with E-state index in [9.17, 15) is 86.3 Å². The van der Waals surface area contributed by atoms with Crippen LogP contribution in [0.25, 0.3) is 0 Å². The van der Waals surface area contributed by atoms with Gasteiger partial charge in [0.2, 0.25) is 52.8 Å². The molecule has 8 saturated carbocycles. The van der Waals surface area contributed by atoms with E-state index in [1.54, 1.807) is 62.3 Å². The van der Waals surface area contributed by atoms with Crippen LogP contribution < -0.4 is 65.1 Å². The zero-order chi connectivity index (χ0) is 101. The number of fused-ring (bicyclic) bond motifs is 3. The average Bonchev–Trinajstić information content (AvgIpc) is 1.53. The predicted octanol–water partition coefficient (Wildman–Crippen LogP) is 7.15. The molecule has 11 aliphatic rings. The van der Waals surface area contributed by atoms with Gasteiger partial charge in [-0.2, -0.15) is 0 Å². The van der Waals surface area contributed by atoms with E-state index in [1.165, 1.54) is 20.8 Å². The minimum atomic E-state index is -1.13. The Morgan fingerprint density at radius 3 is 1.06 bits per heavy atom. The number of Topliss-reactive ketones (excluding diaryl/α,β-unsaturated/α-hetero) is 3. The Labute approximate surface area is 796 Å². The lowest BCUT2D eigenvalue weighted by molar-refractivity contribution is -0.159. The summed E-state index contributed by atoms with van der Waals surface area (Å²) in [5.41, 5.74) is 11.6. The van der Waals surface area contributed by atoms with Crippen molar-refractivity contribution in [3.63, 3.8) is 0 Å². The van der Waals surface area contributed by atoms with Gasteiger partial charge in [-0.05, 0) is 187 Å². The number of nitrogens with zero attached hydrogens (tertiary/aromatic N) is 3. The highest BCUT2D eigenvalue weighted by molar-refractivity contribution is 6.39. The zero-order valence-corrected chi connectivity index (χ0v) is 84.4. The molecule has 0 bridgehead atoms. The average molecular weight is 1900 g/mol. The van der Waals surface area contributed by atoms with Gasteiger partial charge in [-0.1, -0.05) is 216 Å². The summed E-state index contributed by atoms with van der Waals surface area (Å²) in [5, 5.41) is 24.9. The molecular weight excluding hydrogens is 1740 g/mol. The normalized spacial score (nSPS) is 25.4. The molecule has 3 aliphatic heterocycles. The molecule has 0 aromatic rings. The number of rotatable bonds is 37. The van der Waals surface area contributed by atoms with E-state index in [-0.39, 0.29) is 94.6 Å². The van der Waals surface area contributed by atoms with Crippen LogP contribution in [0.1, 0.15) is 282 Å².